The first-order valence-corrected chi connectivity index (χ1v) is 12.0. The SMILES string of the molecule is Cc1c(C(=O)NCCN2CCN(C)CC2)oc2c1-c1nn(Cc3cccc(Cl)c3)cc1CC2. The second kappa shape index (κ2) is 9.33. The van der Waals surface area contributed by atoms with Crippen molar-refractivity contribution in [1.29, 1.82) is 0 Å². The molecule has 0 radical (unpaired) electrons. The second-order valence-electron chi connectivity index (χ2n) is 9.09. The third kappa shape index (κ3) is 4.71. The molecule has 0 unspecified atom stereocenters. The number of benzene rings is 1. The molecule has 0 atom stereocenters. The van der Waals surface area contributed by atoms with Gasteiger partial charge in [-0.2, -0.15) is 5.10 Å². The van der Waals surface area contributed by atoms with Crippen molar-refractivity contribution < 1.29 is 9.21 Å². The Morgan fingerprint density at radius 2 is 2.03 bits per heavy atom. The van der Waals surface area contributed by atoms with Crippen molar-refractivity contribution in [2.24, 2.45) is 0 Å². The number of halogens is 1. The number of nitrogens with one attached hydrogen (secondary N) is 1. The molecule has 3 aromatic rings. The fraction of sp³-hybridized carbons (Fsp3) is 0.440. The molecule has 1 amide bonds. The summed E-state index contributed by atoms with van der Waals surface area (Å²) >= 11 is 6.13. The van der Waals surface area contributed by atoms with E-state index in [-0.39, 0.29) is 5.91 Å². The van der Waals surface area contributed by atoms with Crippen molar-refractivity contribution in [1.82, 2.24) is 24.9 Å². The van der Waals surface area contributed by atoms with Crippen LogP contribution in [0, 0.1) is 6.92 Å². The molecule has 1 fully saturated rings. The van der Waals surface area contributed by atoms with Crippen molar-refractivity contribution in [2.75, 3.05) is 46.3 Å². The first-order valence-electron chi connectivity index (χ1n) is 11.6. The third-order valence-corrected chi connectivity index (χ3v) is 6.90. The van der Waals surface area contributed by atoms with E-state index in [2.05, 4.69) is 28.4 Å². The van der Waals surface area contributed by atoms with E-state index < -0.39 is 0 Å². The number of hydrogen-bond donors (Lipinski definition) is 1. The van der Waals surface area contributed by atoms with Gasteiger partial charge in [-0.25, -0.2) is 0 Å². The lowest BCUT2D eigenvalue weighted by Crippen LogP contribution is -2.46. The summed E-state index contributed by atoms with van der Waals surface area (Å²) in [7, 11) is 2.15. The average Bonchev–Trinajstić information content (AvgIpc) is 3.35. The van der Waals surface area contributed by atoms with Crippen LogP contribution >= 0.6 is 11.6 Å². The molecule has 8 heteroatoms. The minimum Gasteiger partial charge on any atom is -0.455 e. The summed E-state index contributed by atoms with van der Waals surface area (Å²) in [5, 5.41) is 8.62. The lowest BCUT2D eigenvalue weighted by Gasteiger charge is -2.32. The Labute approximate surface area is 199 Å². The zero-order valence-electron chi connectivity index (χ0n) is 19.2. The van der Waals surface area contributed by atoms with E-state index >= 15 is 0 Å². The number of carbonyl (C=O) groups is 1. The van der Waals surface area contributed by atoms with Crippen LogP contribution in [0.4, 0.5) is 0 Å². The third-order valence-electron chi connectivity index (χ3n) is 6.66. The molecule has 1 aromatic carbocycles. The lowest BCUT2D eigenvalue weighted by molar-refractivity contribution is 0.0911. The van der Waals surface area contributed by atoms with Crippen LogP contribution in [-0.2, 0) is 19.4 Å². The summed E-state index contributed by atoms with van der Waals surface area (Å²) in [4.78, 5) is 17.6. The maximum Gasteiger partial charge on any atom is 0.287 e. The van der Waals surface area contributed by atoms with Crippen LogP contribution in [0.5, 0.6) is 0 Å². The molecule has 0 saturated carbocycles. The molecule has 2 aliphatic rings. The number of likely N-dealkylation sites (N-methyl/N-ethyl adjacent to an activating group) is 1. The molecule has 3 heterocycles. The largest absolute Gasteiger partial charge is 0.455 e. The van der Waals surface area contributed by atoms with Gasteiger partial charge >= 0.3 is 0 Å². The molecule has 33 heavy (non-hydrogen) atoms. The number of furan rings is 1. The minimum absolute atomic E-state index is 0.143. The van der Waals surface area contributed by atoms with Gasteiger partial charge in [-0.1, -0.05) is 23.7 Å². The molecule has 0 bridgehead atoms. The van der Waals surface area contributed by atoms with Crippen LogP contribution in [0.2, 0.25) is 5.02 Å². The number of aromatic nitrogens is 2. The zero-order chi connectivity index (χ0) is 22.9. The quantitative estimate of drug-likeness (QED) is 0.603. The molecule has 1 saturated heterocycles. The van der Waals surface area contributed by atoms with E-state index in [4.69, 9.17) is 21.1 Å². The van der Waals surface area contributed by atoms with Gasteiger partial charge in [-0.15, -0.1) is 0 Å². The maximum absolute atomic E-state index is 12.9. The molecule has 0 spiro atoms. The number of rotatable bonds is 6. The number of hydrogen-bond acceptors (Lipinski definition) is 5. The molecule has 5 rings (SSSR count). The highest BCUT2D eigenvalue weighted by Crippen LogP contribution is 2.38. The lowest BCUT2D eigenvalue weighted by atomic mass is 9.93. The van der Waals surface area contributed by atoms with Crippen molar-refractivity contribution >= 4 is 17.5 Å². The van der Waals surface area contributed by atoms with Crippen molar-refractivity contribution in [3.63, 3.8) is 0 Å². The highest BCUT2D eigenvalue weighted by molar-refractivity contribution is 6.30. The Balaban J connectivity index is 1.28. The van der Waals surface area contributed by atoms with Gasteiger partial charge in [0.2, 0.25) is 0 Å². The predicted octanol–water partition coefficient (Wildman–Crippen LogP) is 3.23. The summed E-state index contributed by atoms with van der Waals surface area (Å²) in [6.45, 7) is 8.32. The first kappa shape index (κ1) is 22.2. The van der Waals surface area contributed by atoms with Crippen LogP contribution in [-0.4, -0.2) is 71.8 Å². The highest BCUT2D eigenvalue weighted by Gasteiger charge is 2.29. The Hall–Kier alpha value is -2.61. The second-order valence-corrected chi connectivity index (χ2v) is 9.52. The van der Waals surface area contributed by atoms with Gasteiger partial charge in [0.1, 0.15) is 5.76 Å². The fourth-order valence-electron chi connectivity index (χ4n) is 4.76. The molecule has 174 valence electrons. The van der Waals surface area contributed by atoms with Gasteiger partial charge in [0, 0.05) is 68.0 Å². The molecular formula is C25H30ClN5O2. The van der Waals surface area contributed by atoms with E-state index in [0.29, 0.717) is 18.8 Å². The molecule has 1 aliphatic carbocycles. The molecule has 1 aliphatic heterocycles. The molecule has 1 N–H and O–H groups in total. The Morgan fingerprint density at radius 3 is 2.82 bits per heavy atom. The van der Waals surface area contributed by atoms with E-state index in [9.17, 15) is 4.79 Å². The summed E-state index contributed by atoms with van der Waals surface area (Å²) in [5.74, 6) is 1.13. The van der Waals surface area contributed by atoms with Crippen molar-refractivity contribution in [3.05, 3.63) is 63.7 Å². The summed E-state index contributed by atoms with van der Waals surface area (Å²) in [5.41, 5.74) is 5.07. The fourth-order valence-corrected chi connectivity index (χ4v) is 4.98. The number of amides is 1. The molecular weight excluding hydrogens is 438 g/mol. The van der Waals surface area contributed by atoms with Gasteiger partial charge in [-0.05, 0) is 43.7 Å². The molecule has 7 nitrogen and oxygen atoms in total. The summed E-state index contributed by atoms with van der Waals surface area (Å²) in [6, 6.07) is 7.83. The number of piperazine rings is 1. The topological polar surface area (TPSA) is 66.5 Å². The monoisotopic (exact) mass is 467 g/mol. The van der Waals surface area contributed by atoms with Gasteiger partial charge in [-0.3, -0.25) is 14.4 Å². The van der Waals surface area contributed by atoms with Crippen LogP contribution in [0.15, 0.2) is 34.9 Å². The van der Waals surface area contributed by atoms with Crippen LogP contribution in [0.3, 0.4) is 0 Å². The average molecular weight is 468 g/mol. The van der Waals surface area contributed by atoms with Crippen LogP contribution < -0.4 is 5.32 Å². The predicted molar refractivity (Wildman–Crippen MR) is 129 cm³/mol. The number of nitrogens with zero attached hydrogens (tertiary/aromatic N) is 4. The minimum atomic E-state index is -0.143. The maximum atomic E-state index is 12.9. The number of carbonyl (C=O) groups excluding carboxylic acids is 1. The number of fused-ring (bicyclic) bond motifs is 3. The van der Waals surface area contributed by atoms with Crippen LogP contribution in [0.25, 0.3) is 11.3 Å². The van der Waals surface area contributed by atoms with Crippen LogP contribution in [0.1, 0.15) is 33.0 Å². The van der Waals surface area contributed by atoms with Gasteiger partial charge in [0.05, 0.1) is 12.2 Å². The smallest absolute Gasteiger partial charge is 0.287 e. The zero-order valence-corrected chi connectivity index (χ0v) is 20.0. The highest BCUT2D eigenvalue weighted by atomic mass is 35.5. The van der Waals surface area contributed by atoms with E-state index in [1.807, 2.05) is 35.9 Å². The standard InChI is InChI=1S/C25H30ClN5O2/c1-17-22-21(33-24(17)25(32)27-8-9-30-12-10-29(2)11-13-30)7-6-19-16-31(28-23(19)22)15-18-4-3-5-20(26)14-18/h3-5,14,16H,6-13,15H2,1-2H3,(H,27,32). The number of aryl methyl sites for hydroxylation is 2. The van der Waals surface area contributed by atoms with E-state index in [1.165, 1.54) is 5.56 Å². The molecule has 2 aromatic heterocycles. The van der Waals surface area contributed by atoms with Crippen molar-refractivity contribution in [3.8, 4) is 11.3 Å². The normalized spacial score (nSPS) is 16.5. The summed E-state index contributed by atoms with van der Waals surface area (Å²) < 4.78 is 8.01. The summed E-state index contributed by atoms with van der Waals surface area (Å²) in [6.07, 6.45) is 3.73. The van der Waals surface area contributed by atoms with Gasteiger partial charge in [0.15, 0.2) is 5.76 Å². The first-order chi connectivity index (χ1) is 16.0. The Bertz CT molecular complexity index is 1160. The van der Waals surface area contributed by atoms with Gasteiger partial charge in [0.25, 0.3) is 5.91 Å². The van der Waals surface area contributed by atoms with Crippen molar-refractivity contribution in [2.45, 2.75) is 26.3 Å². The van der Waals surface area contributed by atoms with Gasteiger partial charge < -0.3 is 14.6 Å². The Morgan fingerprint density at radius 1 is 1.21 bits per heavy atom. The van der Waals surface area contributed by atoms with E-state index in [0.717, 1.165) is 78.7 Å². The Kier molecular flexibility index (Phi) is 6.27. The van der Waals surface area contributed by atoms with E-state index in [1.54, 1.807) is 0 Å².